The number of halogens is 1. The Morgan fingerprint density at radius 3 is 2.09 bits per heavy atom. The van der Waals surface area contributed by atoms with Gasteiger partial charge in [-0.05, 0) is 0 Å². The molecule has 1 aromatic heterocycles. The molecule has 0 bridgehead atoms. The van der Waals surface area contributed by atoms with Crippen LogP contribution in [-0.2, 0) is 4.79 Å². The van der Waals surface area contributed by atoms with Gasteiger partial charge in [-0.25, -0.2) is 9.97 Å². The molecule has 0 aliphatic heterocycles. The van der Waals surface area contributed by atoms with E-state index in [9.17, 15) is 0 Å². The van der Waals surface area contributed by atoms with Gasteiger partial charge in [-0.15, -0.1) is 0 Å². The van der Waals surface area contributed by atoms with E-state index in [-0.39, 0.29) is 0 Å². The second-order valence-corrected chi connectivity index (χ2v) is 2.01. The fraction of sp³-hybridized carbons (Fsp3) is 0.167. The van der Waals surface area contributed by atoms with Crippen molar-refractivity contribution in [1.82, 2.24) is 9.97 Å². The number of nitrogens with zero attached hydrogens (tertiary/aromatic N) is 2. The first-order valence-electron chi connectivity index (χ1n) is 2.73. The van der Waals surface area contributed by atoms with Crippen molar-refractivity contribution in [3.63, 3.8) is 0 Å². The van der Waals surface area contributed by atoms with Gasteiger partial charge in [0.05, 0.1) is 5.02 Å². The number of carboxylic acids is 1. The molecule has 4 nitrogen and oxygen atoms in total. The van der Waals surface area contributed by atoms with Crippen molar-refractivity contribution < 1.29 is 9.90 Å². The average Bonchev–Trinajstić information content (AvgIpc) is 1.87. The number of carbonyl (C=O) groups is 1. The van der Waals surface area contributed by atoms with E-state index in [1.807, 2.05) is 0 Å². The maximum absolute atomic E-state index is 9.00. The zero-order valence-electron chi connectivity index (χ0n) is 5.86. The van der Waals surface area contributed by atoms with Crippen LogP contribution in [0.3, 0.4) is 0 Å². The van der Waals surface area contributed by atoms with E-state index in [0.717, 1.165) is 6.92 Å². The molecule has 0 radical (unpaired) electrons. The molecule has 1 heterocycles. The lowest BCUT2D eigenvalue weighted by atomic mass is 10.7. The Hall–Kier alpha value is -1.16. The molecule has 0 unspecified atom stereocenters. The van der Waals surface area contributed by atoms with Gasteiger partial charge in [0.15, 0.2) is 0 Å². The third kappa shape index (κ3) is 8.84. The van der Waals surface area contributed by atoms with E-state index < -0.39 is 5.97 Å². The molecule has 0 aliphatic rings. The second-order valence-electron chi connectivity index (χ2n) is 1.58. The van der Waals surface area contributed by atoms with E-state index in [1.54, 1.807) is 0 Å². The smallest absolute Gasteiger partial charge is 0.300 e. The summed E-state index contributed by atoms with van der Waals surface area (Å²) in [6, 6.07) is 0. The van der Waals surface area contributed by atoms with Crippen LogP contribution in [0.5, 0.6) is 0 Å². The van der Waals surface area contributed by atoms with Gasteiger partial charge >= 0.3 is 0 Å². The maximum Gasteiger partial charge on any atom is 0.300 e. The normalized spacial score (nSPS) is 7.82. The predicted octanol–water partition coefficient (Wildman–Crippen LogP) is 1.22. The zero-order valence-corrected chi connectivity index (χ0v) is 6.62. The molecule has 0 aromatic carbocycles. The SMILES string of the molecule is CC(=O)O.Clc1cncnc1. The van der Waals surface area contributed by atoms with Gasteiger partial charge in [-0.1, -0.05) is 11.6 Å². The number of hydrogen-bond donors (Lipinski definition) is 1. The van der Waals surface area contributed by atoms with E-state index in [4.69, 9.17) is 21.5 Å². The number of carboxylic acid groups (broad SMARTS) is 1. The van der Waals surface area contributed by atoms with Gasteiger partial charge in [0.1, 0.15) is 6.33 Å². The molecule has 11 heavy (non-hydrogen) atoms. The number of hydrogen-bond acceptors (Lipinski definition) is 3. The molecule has 0 fully saturated rings. The van der Waals surface area contributed by atoms with Gasteiger partial charge in [0, 0.05) is 19.3 Å². The first-order chi connectivity index (χ1) is 5.13. The highest BCUT2D eigenvalue weighted by Gasteiger charge is 1.77. The third-order valence-corrected chi connectivity index (χ3v) is 0.724. The van der Waals surface area contributed by atoms with E-state index in [0.29, 0.717) is 5.02 Å². The first kappa shape index (κ1) is 9.84. The molecule has 1 rings (SSSR count). The van der Waals surface area contributed by atoms with Crippen molar-refractivity contribution in [3.8, 4) is 0 Å². The minimum absolute atomic E-state index is 0.572. The Bertz CT molecular complexity index is 211. The predicted molar refractivity (Wildman–Crippen MR) is 40.4 cm³/mol. The highest BCUT2D eigenvalue weighted by molar-refractivity contribution is 6.30. The fourth-order valence-electron chi connectivity index (χ4n) is 0.281. The molecule has 5 heteroatoms. The summed E-state index contributed by atoms with van der Waals surface area (Å²) < 4.78 is 0. The molecule has 0 atom stereocenters. The minimum Gasteiger partial charge on any atom is -0.481 e. The Labute approximate surface area is 68.9 Å². The molecule has 0 saturated carbocycles. The van der Waals surface area contributed by atoms with Crippen molar-refractivity contribution >= 4 is 17.6 Å². The molecule has 0 aliphatic carbocycles. The highest BCUT2D eigenvalue weighted by atomic mass is 35.5. The van der Waals surface area contributed by atoms with Crippen molar-refractivity contribution in [2.75, 3.05) is 0 Å². The monoisotopic (exact) mass is 174 g/mol. The zero-order chi connectivity index (χ0) is 8.69. The quantitative estimate of drug-likeness (QED) is 0.643. The molecule has 1 aromatic rings. The number of aliphatic carboxylic acids is 1. The third-order valence-electron chi connectivity index (χ3n) is 0.529. The Kier molecular flexibility index (Phi) is 5.02. The summed E-state index contributed by atoms with van der Waals surface area (Å²) in [5.74, 6) is -0.833. The van der Waals surface area contributed by atoms with Crippen LogP contribution < -0.4 is 0 Å². The minimum atomic E-state index is -0.833. The van der Waals surface area contributed by atoms with E-state index in [2.05, 4.69) is 9.97 Å². The Balaban J connectivity index is 0.000000218. The van der Waals surface area contributed by atoms with E-state index in [1.165, 1.54) is 18.7 Å². The summed E-state index contributed by atoms with van der Waals surface area (Å²) in [6.07, 6.45) is 4.51. The van der Waals surface area contributed by atoms with Gasteiger partial charge in [-0.2, -0.15) is 0 Å². The number of rotatable bonds is 0. The van der Waals surface area contributed by atoms with Gasteiger partial charge in [0.25, 0.3) is 5.97 Å². The standard InChI is InChI=1S/C4H3ClN2.C2H4O2/c5-4-1-6-3-7-2-4;1-2(3)4/h1-3H;1H3,(H,3,4). The Morgan fingerprint density at radius 1 is 1.55 bits per heavy atom. The topological polar surface area (TPSA) is 63.1 Å². The van der Waals surface area contributed by atoms with Crippen LogP contribution in [0.1, 0.15) is 6.92 Å². The van der Waals surface area contributed by atoms with Crippen molar-refractivity contribution in [2.45, 2.75) is 6.92 Å². The summed E-state index contributed by atoms with van der Waals surface area (Å²) in [6.45, 7) is 1.08. The van der Waals surface area contributed by atoms with Gasteiger partial charge in [-0.3, -0.25) is 4.79 Å². The maximum atomic E-state index is 9.00. The molecule has 0 amide bonds. The highest BCUT2D eigenvalue weighted by Crippen LogP contribution is 1.98. The Morgan fingerprint density at radius 2 is 1.91 bits per heavy atom. The molecule has 60 valence electrons. The average molecular weight is 175 g/mol. The van der Waals surface area contributed by atoms with Crippen LogP contribution in [0.4, 0.5) is 0 Å². The van der Waals surface area contributed by atoms with Gasteiger partial charge < -0.3 is 5.11 Å². The molecule has 0 spiro atoms. The molecule has 0 saturated heterocycles. The molecular formula is C6H7ClN2O2. The van der Waals surface area contributed by atoms with Crippen LogP contribution >= 0.6 is 11.6 Å². The van der Waals surface area contributed by atoms with Gasteiger partial charge in [0.2, 0.25) is 0 Å². The fourth-order valence-corrected chi connectivity index (χ4v) is 0.394. The van der Waals surface area contributed by atoms with Crippen LogP contribution in [0.2, 0.25) is 5.02 Å². The second kappa shape index (κ2) is 5.61. The van der Waals surface area contributed by atoms with Crippen molar-refractivity contribution in [3.05, 3.63) is 23.7 Å². The lowest BCUT2D eigenvalue weighted by molar-refractivity contribution is -0.134. The summed E-state index contributed by atoms with van der Waals surface area (Å²) in [4.78, 5) is 16.3. The van der Waals surface area contributed by atoms with Crippen molar-refractivity contribution in [1.29, 1.82) is 0 Å². The van der Waals surface area contributed by atoms with Crippen LogP contribution in [0, 0.1) is 0 Å². The van der Waals surface area contributed by atoms with Crippen molar-refractivity contribution in [2.24, 2.45) is 0 Å². The molecule has 1 N–H and O–H groups in total. The summed E-state index contributed by atoms with van der Waals surface area (Å²) in [5, 5.41) is 7.99. The van der Waals surface area contributed by atoms with Crippen LogP contribution in [-0.4, -0.2) is 21.0 Å². The largest absolute Gasteiger partial charge is 0.481 e. The molecular weight excluding hydrogens is 168 g/mol. The summed E-state index contributed by atoms with van der Waals surface area (Å²) >= 11 is 5.41. The summed E-state index contributed by atoms with van der Waals surface area (Å²) in [5.41, 5.74) is 0. The lowest BCUT2D eigenvalue weighted by Crippen LogP contribution is -1.78. The van der Waals surface area contributed by atoms with Crippen LogP contribution in [0.15, 0.2) is 18.7 Å². The van der Waals surface area contributed by atoms with Crippen LogP contribution in [0.25, 0.3) is 0 Å². The lowest BCUT2D eigenvalue weighted by Gasteiger charge is -1.79. The first-order valence-corrected chi connectivity index (χ1v) is 3.10. The summed E-state index contributed by atoms with van der Waals surface area (Å²) in [7, 11) is 0. The number of aromatic nitrogens is 2. The van der Waals surface area contributed by atoms with E-state index >= 15 is 0 Å².